The lowest BCUT2D eigenvalue weighted by Gasteiger charge is -2.14. The van der Waals surface area contributed by atoms with Crippen LogP contribution in [0.3, 0.4) is 0 Å². The van der Waals surface area contributed by atoms with Gasteiger partial charge in [0.15, 0.2) is 0 Å². The number of rotatable bonds is 5. The summed E-state index contributed by atoms with van der Waals surface area (Å²) in [4.78, 5) is 11.7. The van der Waals surface area contributed by atoms with Crippen LogP contribution in [0.4, 0.5) is 32.0 Å². The average molecular weight is 409 g/mol. The molecule has 2 rings (SSSR count). The van der Waals surface area contributed by atoms with Crippen molar-refractivity contribution in [3.05, 3.63) is 53.6 Å². The molecule has 27 heavy (non-hydrogen) atoms. The highest BCUT2D eigenvalue weighted by Crippen LogP contribution is 2.38. The fourth-order valence-electron chi connectivity index (χ4n) is 2.09. The van der Waals surface area contributed by atoms with Crippen molar-refractivity contribution in [2.24, 2.45) is 0 Å². The molecule has 2 aromatic rings. The second-order valence-electron chi connectivity index (χ2n) is 5.28. The molecular weight excluding hydrogens is 396 g/mol. The fraction of sp³-hybridized carbons (Fsp3) is 0.235. The smallest absolute Gasteiger partial charge is 0.416 e. The first-order valence-electron chi connectivity index (χ1n) is 7.36. The second kappa shape index (κ2) is 8.12. The van der Waals surface area contributed by atoms with Crippen LogP contribution in [-0.2, 0) is 17.1 Å². The number of nitrogens with one attached hydrogen (secondary N) is 1. The van der Waals surface area contributed by atoms with E-state index < -0.39 is 29.4 Å². The molecule has 0 unspecified atom stereocenters. The van der Waals surface area contributed by atoms with Crippen molar-refractivity contribution in [3.8, 4) is 5.75 Å². The van der Waals surface area contributed by atoms with Crippen LogP contribution in [0.15, 0.2) is 47.4 Å². The molecule has 0 aliphatic heterocycles. The molecule has 0 aromatic heterocycles. The minimum absolute atomic E-state index is 0.0406. The second-order valence-corrected chi connectivity index (χ2v) is 6.33. The number of halogens is 6. The average Bonchev–Trinajstić information content (AvgIpc) is 2.58. The predicted molar refractivity (Wildman–Crippen MR) is 88.8 cm³/mol. The van der Waals surface area contributed by atoms with Crippen LogP contribution in [0.25, 0.3) is 0 Å². The number of alkyl halides is 6. The van der Waals surface area contributed by atoms with Crippen molar-refractivity contribution in [1.29, 1.82) is 0 Å². The number of thioether (sulfide) groups is 1. The van der Waals surface area contributed by atoms with E-state index in [0.717, 1.165) is 0 Å². The van der Waals surface area contributed by atoms with Crippen LogP contribution in [-0.4, -0.2) is 18.8 Å². The van der Waals surface area contributed by atoms with Crippen LogP contribution in [0.5, 0.6) is 5.75 Å². The zero-order valence-corrected chi connectivity index (χ0v) is 14.6. The van der Waals surface area contributed by atoms with Gasteiger partial charge in [0, 0.05) is 4.90 Å². The zero-order chi connectivity index (χ0) is 20.2. The van der Waals surface area contributed by atoms with Crippen LogP contribution < -0.4 is 10.1 Å². The third kappa shape index (κ3) is 5.81. The highest BCUT2D eigenvalue weighted by Gasteiger charge is 2.37. The van der Waals surface area contributed by atoms with Crippen molar-refractivity contribution in [2.45, 2.75) is 17.2 Å². The highest BCUT2D eigenvalue weighted by molar-refractivity contribution is 8.00. The molecule has 2 aromatic carbocycles. The molecule has 0 aliphatic carbocycles. The molecular formula is C17H13F6NO2S. The summed E-state index contributed by atoms with van der Waals surface area (Å²) in [5.74, 6) is -0.610. The molecule has 0 fully saturated rings. The maximum atomic E-state index is 12.8. The number of carbonyl (C=O) groups is 1. The quantitative estimate of drug-likeness (QED) is 0.526. The summed E-state index contributed by atoms with van der Waals surface area (Å²) in [6, 6.07) is 7.64. The highest BCUT2D eigenvalue weighted by atomic mass is 32.2. The molecule has 0 saturated carbocycles. The standard InChI is InChI=1S/C17H13F6NO2S/c1-26-14-5-3-2-4-13(14)24-15(25)9-27-12-7-10(16(18,19)20)6-11(8-12)17(21,22)23/h2-8H,9H2,1H3,(H,24,25). The van der Waals surface area contributed by atoms with E-state index >= 15 is 0 Å². The van der Waals surface area contributed by atoms with E-state index in [1.807, 2.05) is 0 Å². The molecule has 0 saturated heterocycles. The summed E-state index contributed by atoms with van der Waals surface area (Å²) < 4.78 is 82.1. The number of ether oxygens (including phenoxy) is 1. The Morgan fingerprint density at radius 2 is 1.56 bits per heavy atom. The lowest BCUT2D eigenvalue weighted by atomic mass is 10.1. The molecule has 0 heterocycles. The summed E-state index contributed by atoms with van der Waals surface area (Å²) in [7, 11) is 1.39. The first-order valence-corrected chi connectivity index (χ1v) is 8.34. The maximum absolute atomic E-state index is 12.8. The summed E-state index contributed by atoms with van der Waals surface area (Å²) >= 11 is 0.569. The Labute approximate surface area is 154 Å². The van der Waals surface area contributed by atoms with Crippen molar-refractivity contribution < 1.29 is 35.9 Å². The third-order valence-electron chi connectivity index (χ3n) is 3.31. The third-order valence-corrected chi connectivity index (χ3v) is 4.29. The van der Waals surface area contributed by atoms with E-state index in [1.165, 1.54) is 7.11 Å². The maximum Gasteiger partial charge on any atom is 0.416 e. The molecule has 146 valence electrons. The SMILES string of the molecule is COc1ccccc1NC(=O)CSc1cc(C(F)(F)F)cc(C(F)(F)F)c1. The van der Waals surface area contributed by atoms with Crippen molar-refractivity contribution in [2.75, 3.05) is 18.2 Å². The Morgan fingerprint density at radius 3 is 2.07 bits per heavy atom. The van der Waals surface area contributed by atoms with E-state index in [-0.39, 0.29) is 16.7 Å². The van der Waals surface area contributed by atoms with Crippen molar-refractivity contribution in [3.63, 3.8) is 0 Å². The zero-order valence-electron chi connectivity index (χ0n) is 13.7. The van der Waals surface area contributed by atoms with Crippen LogP contribution in [0.2, 0.25) is 0 Å². The number of amides is 1. The number of methoxy groups -OCH3 is 1. The molecule has 0 atom stereocenters. The van der Waals surface area contributed by atoms with Gasteiger partial charge < -0.3 is 10.1 Å². The van der Waals surface area contributed by atoms with Gasteiger partial charge in [0.2, 0.25) is 5.91 Å². The van der Waals surface area contributed by atoms with Gasteiger partial charge in [0.25, 0.3) is 0 Å². The number of anilines is 1. The molecule has 0 aliphatic rings. The predicted octanol–water partition coefficient (Wildman–Crippen LogP) is 5.46. The van der Waals surface area contributed by atoms with Gasteiger partial charge in [-0.3, -0.25) is 4.79 Å². The van der Waals surface area contributed by atoms with Gasteiger partial charge in [0.1, 0.15) is 5.75 Å². The van der Waals surface area contributed by atoms with Crippen LogP contribution >= 0.6 is 11.8 Å². The van der Waals surface area contributed by atoms with E-state index in [4.69, 9.17) is 4.74 Å². The van der Waals surface area contributed by atoms with Gasteiger partial charge in [0.05, 0.1) is 29.7 Å². The van der Waals surface area contributed by atoms with Gasteiger partial charge in [-0.25, -0.2) is 0 Å². The molecule has 1 amide bonds. The van der Waals surface area contributed by atoms with E-state index in [9.17, 15) is 31.1 Å². The Hall–Kier alpha value is -2.36. The lowest BCUT2D eigenvalue weighted by Crippen LogP contribution is -2.15. The lowest BCUT2D eigenvalue weighted by molar-refractivity contribution is -0.143. The Balaban J connectivity index is 2.16. The fourth-order valence-corrected chi connectivity index (χ4v) is 2.88. The first-order chi connectivity index (χ1) is 12.5. The van der Waals surface area contributed by atoms with Crippen molar-refractivity contribution in [1.82, 2.24) is 0 Å². The Bertz CT molecular complexity index is 788. The van der Waals surface area contributed by atoms with Crippen LogP contribution in [0.1, 0.15) is 11.1 Å². The van der Waals surface area contributed by atoms with E-state index in [1.54, 1.807) is 24.3 Å². The Kier molecular flexibility index (Phi) is 6.30. The number of hydrogen-bond acceptors (Lipinski definition) is 3. The molecule has 1 N–H and O–H groups in total. The number of carbonyl (C=O) groups excluding carboxylic acids is 1. The van der Waals surface area contributed by atoms with Gasteiger partial charge in [-0.05, 0) is 30.3 Å². The minimum Gasteiger partial charge on any atom is -0.495 e. The number of para-hydroxylation sites is 2. The Morgan fingerprint density at radius 1 is 1.00 bits per heavy atom. The summed E-state index contributed by atoms with van der Waals surface area (Å²) in [5.41, 5.74) is -2.51. The normalized spacial score (nSPS) is 12.0. The summed E-state index contributed by atoms with van der Waals surface area (Å²) in [6.45, 7) is 0. The first kappa shape index (κ1) is 20.9. The number of hydrogen-bond donors (Lipinski definition) is 1. The van der Waals surface area contributed by atoms with Crippen LogP contribution in [0, 0.1) is 0 Å². The molecule has 3 nitrogen and oxygen atoms in total. The topological polar surface area (TPSA) is 38.3 Å². The molecule has 10 heteroatoms. The van der Waals surface area contributed by atoms with Gasteiger partial charge in [-0.2, -0.15) is 26.3 Å². The molecule has 0 radical (unpaired) electrons. The van der Waals surface area contributed by atoms with Crippen molar-refractivity contribution >= 4 is 23.4 Å². The molecule has 0 spiro atoms. The van der Waals surface area contributed by atoms with Gasteiger partial charge in [-0.15, -0.1) is 11.8 Å². The monoisotopic (exact) mass is 409 g/mol. The summed E-state index contributed by atoms with van der Waals surface area (Å²) in [5, 5.41) is 2.49. The molecule has 0 bridgehead atoms. The van der Waals surface area contributed by atoms with Gasteiger partial charge >= 0.3 is 12.4 Å². The number of benzene rings is 2. The van der Waals surface area contributed by atoms with E-state index in [0.29, 0.717) is 35.3 Å². The largest absolute Gasteiger partial charge is 0.495 e. The van der Waals surface area contributed by atoms with E-state index in [2.05, 4.69) is 5.32 Å². The summed E-state index contributed by atoms with van der Waals surface area (Å²) in [6.07, 6.45) is -9.87. The van der Waals surface area contributed by atoms with Gasteiger partial charge in [-0.1, -0.05) is 12.1 Å². The minimum atomic E-state index is -4.93.